The van der Waals surface area contributed by atoms with Gasteiger partial charge in [-0.15, -0.1) is 0 Å². The van der Waals surface area contributed by atoms with Gasteiger partial charge < -0.3 is 9.64 Å². The van der Waals surface area contributed by atoms with Crippen LogP contribution in [0.3, 0.4) is 0 Å². The monoisotopic (exact) mass is 615 g/mol. The van der Waals surface area contributed by atoms with Gasteiger partial charge in [0.1, 0.15) is 11.5 Å². The number of anilines is 3. The Labute approximate surface area is 276 Å². The fourth-order valence-electron chi connectivity index (χ4n) is 8.66. The molecule has 220 valence electrons. The number of para-hydroxylation sites is 2. The fourth-order valence-corrected chi connectivity index (χ4v) is 13.8. The van der Waals surface area contributed by atoms with Crippen molar-refractivity contribution in [3.63, 3.8) is 0 Å². The summed E-state index contributed by atoms with van der Waals surface area (Å²) in [4.78, 5) is 2.51. The molecule has 0 bridgehead atoms. The number of aryl methyl sites for hydroxylation is 1. The molecule has 3 heterocycles. The summed E-state index contributed by atoms with van der Waals surface area (Å²) in [5, 5.41) is 5.74. The molecule has 0 aliphatic carbocycles. The number of hydrogen-bond donors (Lipinski definition) is 0. The van der Waals surface area contributed by atoms with Crippen LogP contribution in [-0.2, 0) is 0 Å². The van der Waals surface area contributed by atoms with Crippen LogP contribution in [0.5, 0.6) is 11.5 Å². The molecule has 0 atom stereocenters. The van der Waals surface area contributed by atoms with Gasteiger partial charge in [0.25, 0.3) is 6.71 Å². The molecule has 0 saturated heterocycles. The maximum Gasteiger partial charge on any atom is 0.256 e. The molecule has 0 N–H and O–H groups in total. The standard InChI is InChI=1S/C43H30BNOSi/c1-29-25-26-39-42-43(29)45(30-15-5-2-6-16-30)37-28-41-34(27-36(37)44(42)35-22-12-13-23-38(35)46-39)33-21-11-14-24-40(33)47(41,31-17-7-3-8-18-31)32-19-9-4-10-20-32/h2-28H,1H3. The van der Waals surface area contributed by atoms with Crippen LogP contribution in [0, 0.1) is 6.92 Å². The van der Waals surface area contributed by atoms with Gasteiger partial charge in [0.15, 0.2) is 8.07 Å². The highest BCUT2D eigenvalue weighted by Crippen LogP contribution is 2.43. The zero-order valence-corrected chi connectivity index (χ0v) is 27.0. The first-order chi connectivity index (χ1) is 23.2. The van der Waals surface area contributed by atoms with Crippen molar-refractivity contribution in [3.05, 3.63) is 169 Å². The van der Waals surface area contributed by atoms with E-state index >= 15 is 0 Å². The Morgan fingerprint density at radius 1 is 0.532 bits per heavy atom. The molecule has 3 aliphatic rings. The van der Waals surface area contributed by atoms with Crippen molar-refractivity contribution in [2.45, 2.75) is 6.92 Å². The maximum atomic E-state index is 6.66. The molecule has 7 aromatic carbocycles. The molecule has 0 spiro atoms. The lowest BCUT2D eigenvalue weighted by molar-refractivity contribution is 0.487. The first-order valence-electron chi connectivity index (χ1n) is 16.4. The molecule has 0 fully saturated rings. The van der Waals surface area contributed by atoms with Crippen LogP contribution >= 0.6 is 0 Å². The van der Waals surface area contributed by atoms with Gasteiger partial charge in [-0.25, -0.2) is 0 Å². The molecule has 7 aromatic rings. The molecule has 0 saturated carbocycles. The third kappa shape index (κ3) is 3.56. The second-order valence-electron chi connectivity index (χ2n) is 12.9. The number of hydrogen-bond acceptors (Lipinski definition) is 2. The predicted molar refractivity (Wildman–Crippen MR) is 200 cm³/mol. The average Bonchev–Trinajstić information content (AvgIpc) is 3.43. The highest BCUT2D eigenvalue weighted by Gasteiger charge is 2.51. The summed E-state index contributed by atoms with van der Waals surface area (Å²) >= 11 is 0. The van der Waals surface area contributed by atoms with Gasteiger partial charge in [0, 0.05) is 17.1 Å². The minimum atomic E-state index is -2.67. The highest BCUT2D eigenvalue weighted by atomic mass is 28.3. The summed E-state index contributed by atoms with van der Waals surface area (Å²) in [6.07, 6.45) is 0. The lowest BCUT2D eigenvalue weighted by atomic mass is 9.34. The van der Waals surface area contributed by atoms with E-state index in [1.54, 1.807) is 0 Å². The summed E-state index contributed by atoms with van der Waals surface area (Å²) in [5.74, 6) is 1.89. The van der Waals surface area contributed by atoms with Crippen LogP contribution in [0.4, 0.5) is 17.1 Å². The second kappa shape index (κ2) is 9.96. The van der Waals surface area contributed by atoms with Crippen molar-refractivity contribution >= 4 is 69.0 Å². The molecule has 0 amide bonds. The van der Waals surface area contributed by atoms with Gasteiger partial charge in [0.2, 0.25) is 0 Å². The average molecular weight is 616 g/mol. The van der Waals surface area contributed by atoms with E-state index in [1.165, 1.54) is 65.2 Å². The Morgan fingerprint density at radius 2 is 1.17 bits per heavy atom. The van der Waals surface area contributed by atoms with Crippen LogP contribution in [0.2, 0.25) is 0 Å². The minimum Gasteiger partial charge on any atom is -0.458 e. The quantitative estimate of drug-likeness (QED) is 0.235. The van der Waals surface area contributed by atoms with Crippen molar-refractivity contribution in [1.29, 1.82) is 0 Å². The van der Waals surface area contributed by atoms with Gasteiger partial charge in [-0.2, -0.15) is 0 Å². The van der Waals surface area contributed by atoms with Crippen molar-refractivity contribution in [2.24, 2.45) is 0 Å². The van der Waals surface area contributed by atoms with Crippen LogP contribution in [0.1, 0.15) is 5.56 Å². The Bertz CT molecular complexity index is 2320. The first kappa shape index (κ1) is 26.6. The van der Waals surface area contributed by atoms with E-state index in [0.29, 0.717) is 0 Å². The molecule has 0 radical (unpaired) electrons. The molecule has 0 unspecified atom stereocenters. The molecular formula is C43H30BNOSi. The topological polar surface area (TPSA) is 12.5 Å². The third-order valence-electron chi connectivity index (χ3n) is 10.5. The molecular weight excluding hydrogens is 585 g/mol. The first-order valence-corrected chi connectivity index (χ1v) is 18.4. The summed E-state index contributed by atoms with van der Waals surface area (Å²) in [6.45, 7) is 2.30. The number of nitrogens with zero attached hydrogens (tertiary/aromatic N) is 1. The Morgan fingerprint density at radius 3 is 1.91 bits per heavy atom. The van der Waals surface area contributed by atoms with Gasteiger partial charge in [0.05, 0.1) is 0 Å². The zero-order chi connectivity index (χ0) is 31.1. The Hall–Kier alpha value is -5.58. The maximum absolute atomic E-state index is 6.66. The van der Waals surface area contributed by atoms with Gasteiger partial charge in [-0.1, -0.05) is 133 Å². The van der Waals surface area contributed by atoms with Crippen molar-refractivity contribution in [1.82, 2.24) is 0 Å². The lowest BCUT2D eigenvalue weighted by Crippen LogP contribution is -2.73. The van der Waals surface area contributed by atoms with E-state index in [-0.39, 0.29) is 6.71 Å². The largest absolute Gasteiger partial charge is 0.458 e. The molecule has 2 nitrogen and oxygen atoms in total. The number of benzene rings is 7. The van der Waals surface area contributed by atoms with E-state index in [1.807, 2.05) is 0 Å². The summed E-state index contributed by atoms with van der Waals surface area (Å²) in [5.41, 5.74) is 11.4. The van der Waals surface area contributed by atoms with Crippen LogP contribution in [0.15, 0.2) is 164 Å². The zero-order valence-electron chi connectivity index (χ0n) is 26.0. The normalized spacial score (nSPS) is 14.3. The predicted octanol–water partition coefficient (Wildman–Crippen LogP) is 5.76. The Kier molecular flexibility index (Phi) is 5.64. The minimum absolute atomic E-state index is 0.0578. The second-order valence-corrected chi connectivity index (χ2v) is 16.6. The summed E-state index contributed by atoms with van der Waals surface area (Å²) in [7, 11) is -2.67. The smallest absolute Gasteiger partial charge is 0.256 e. The van der Waals surface area contributed by atoms with E-state index in [4.69, 9.17) is 4.74 Å². The van der Waals surface area contributed by atoms with E-state index in [9.17, 15) is 0 Å². The van der Waals surface area contributed by atoms with Crippen molar-refractivity contribution in [3.8, 4) is 22.6 Å². The van der Waals surface area contributed by atoms with Crippen LogP contribution in [-0.4, -0.2) is 14.8 Å². The van der Waals surface area contributed by atoms with Crippen molar-refractivity contribution < 1.29 is 4.74 Å². The molecule has 10 rings (SSSR count). The van der Waals surface area contributed by atoms with Gasteiger partial charge in [-0.05, 0) is 91.1 Å². The molecule has 4 heteroatoms. The lowest BCUT2D eigenvalue weighted by Gasteiger charge is -2.42. The number of fused-ring (bicyclic) bond motifs is 7. The van der Waals surface area contributed by atoms with Gasteiger partial charge in [-0.3, -0.25) is 0 Å². The van der Waals surface area contributed by atoms with E-state index < -0.39 is 8.07 Å². The van der Waals surface area contributed by atoms with Crippen molar-refractivity contribution in [2.75, 3.05) is 4.90 Å². The molecule has 0 aromatic heterocycles. The van der Waals surface area contributed by atoms with Crippen LogP contribution < -0.4 is 46.8 Å². The fraction of sp³-hybridized carbons (Fsp3) is 0.0233. The molecule has 3 aliphatic heterocycles. The van der Waals surface area contributed by atoms with Gasteiger partial charge >= 0.3 is 0 Å². The number of ether oxygens (including phenoxy) is 1. The third-order valence-corrected chi connectivity index (χ3v) is 15.4. The van der Waals surface area contributed by atoms with E-state index in [2.05, 4.69) is 176 Å². The Balaban J connectivity index is 1.37. The summed E-state index contributed by atoms with van der Waals surface area (Å²) < 4.78 is 6.66. The van der Waals surface area contributed by atoms with E-state index in [0.717, 1.165) is 17.2 Å². The summed E-state index contributed by atoms with van der Waals surface area (Å²) in [6, 6.07) is 60.7. The van der Waals surface area contributed by atoms with Crippen LogP contribution in [0.25, 0.3) is 11.1 Å². The highest BCUT2D eigenvalue weighted by molar-refractivity contribution is 7.22. The molecule has 47 heavy (non-hydrogen) atoms. The number of rotatable bonds is 3. The SMILES string of the molecule is Cc1ccc2c3c1N(c1ccccc1)c1cc4c(cc1B3c1ccccc1O2)-c1ccccc1[Si]4(c1ccccc1)c1ccccc1.